The molecule has 0 aromatic rings. The molecule has 500 valence electrons. The number of carbonyl (C=O) groups excluding carboxylic acids is 1. The summed E-state index contributed by atoms with van der Waals surface area (Å²) in [6, 6.07) is -0.902. The highest BCUT2D eigenvalue weighted by molar-refractivity contribution is 7.45. The Morgan fingerprint density at radius 1 is 0.405 bits per heavy atom. The Morgan fingerprint density at radius 3 is 0.964 bits per heavy atom. The van der Waals surface area contributed by atoms with E-state index in [0.29, 0.717) is 17.4 Å². The van der Waals surface area contributed by atoms with Crippen LogP contribution in [0, 0.1) is 0 Å². The van der Waals surface area contributed by atoms with Gasteiger partial charge in [0.05, 0.1) is 39.9 Å². The fraction of sp³-hybridized carbons (Fsp3) is 0.933. The molecule has 0 aromatic carbocycles. The summed E-state index contributed by atoms with van der Waals surface area (Å²) in [6.45, 7) is 4.70. The van der Waals surface area contributed by atoms with Gasteiger partial charge in [-0.3, -0.25) is 9.36 Å². The van der Waals surface area contributed by atoms with Gasteiger partial charge in [-0.1, -0.05) is 385 Å². The monoisotopic (exact) mass is 1210 g/mol. The summed E-state index contributed by atoms with van der Waals surface area (Å²) < 4.78 is 23.5. The summed E-state index contributed by atoms with van der Waals surface area (Å²) in [6.07, 6.45) is 87.7. The van der Waals surface area contributed by atoms with Crippen molar-refractivity contribution in [2.75, 3.05) is 40.9 Å². The number of aliphatic hydroxyl groups excluding tert-OH is 1. The molecule has 0 aliphatic carbocycles. The molecular weight excluding hydrogens is 1060 g/mol. The number of rotatable bonds is 71. The van der Waals surface area contributed by atoms with Crippen molar-refractivity contribution in [3.8, 4) is 0 Å². The van der Waals surface area contributed by atoms with Crippen LogP contribution in [0.15, 0.2) is 24.3 Å². The predicted molar refractivity (Wildman–Crippen MR) is 367 cm³/mol. The molecule has 0 aliphatic heterocycles. The maximum Gasteiger partial charge on any atom is 0.268 e. The number of allylic oxidation sites excluding steroid dienone is 3. The van der Waals surface area contributed by atoms with E-state index >= 15 is 0 Å². The van der Waals surface area contributed by atoms with E-state index < -0.39 is 20.0 Å². The fourth-order valence-corrected chi connectivity index (χ4v) is 12.5. The van der Waals surface area contributed by atoms with Gasteiger partial charge in [0.1, 0.15) is 13.2 Å². The van der Waals surface area contributed by atoms with E-state index in [-0.39, 0.29) is 19.1 Å². The van der Waals surface area contributed by atoms with Gasteiger partial charge >= 0.3 is 0 Å². The Balaban J connectivity index is 4.01. The molecule has 8 nitrogen and oxygen atoms in total. The first-order chi connectivity index (χ1) is 41.0. The van der Waals surface area contributed by atoms with Gasteiger partial charge in [0.2, 0.25) is 5.91 Å². The standard InChI is InChI=1S/C75H149N2O6P/c1-6-8-10-12-14-16-18-20-22-24-26-28-30-32-34-36-38-39-41-43-45-47-49-51-53-55-57-59-61-63-65-67-69-75(79)76-73(72-83-84(80,81)82-71-70-77(3,4)5)74(78)68-66-64-62-60-58-56-54-52-50-48-46-44-42-40-37-35-33-31-29-27-25-23-21-19-17-15-13-11-9-7-2/h58,60,66,68,73-74,78H,6-57,59,61-65,67,69-72H2,1-5H3,(H-,76,79,80,81)/b60-58+,68-66+. The first-order valence-electron chi connectivity index (χ1n) is 37.7. The van der Waals surface area contributed by atoms with Crippen molar-refractivity contribution in [1.29, 1.82) is 0 Å². The fourth-order valence-electron chi connectivity index (χ4n) is 11.8. The second-order valence-electron chi connectivity index (χ2n) is 27.4. The van der Waals surface area contributed by atoms with Crippen LogP contribution >= 0.6 is 7.82 Å². The molecule has 0 bridgehead atoms. The highest BCUT2D eigenvalue weighted by Gasteiger charge is 2.23. The van der Waals surface area contributed by atoms with Crippen LogP contribution in [0.4, 0.5) is 0 Å². The van der Waals surface area contributed by atoms with Crippen molar-refractivity contribution in [2.45, 2.75) is 411 Å². The third-order valence-electron chi connectivity index (χ3n) is 17.7. The van der Waals surface area contributed by atoms with Crippen molar-refractivity contribution in [1.82, 2.24) is 5.32 Å². The van der Waals surface area contributed by atoms with Gasteiger partial charge in [-0.25, -0.2) is 0 Å². The van der Waals surface area contributed by atoms with E-state index in [9.17, 15) is 19.4 Å². The van der Waals surface area contributed by atoms with E-state index in [1.165, 1.54) is 340 Å². The second kappa shape index (κ2) is 66.4. The number of hydrogen-bond acceptors (Lipinski definition) is 6. The van der Waals surface area contributed by atoms with Crippen LogP contribution < -0.4 is 10.2 Å². The lowest BCUT2D eigenvalue weighted by atomic mass is 10.0. The molecule has 0 spiro atoms. The smallest absolute Gasteiger partial charge is 0.268 e. The molecule has 0 aliphatic rings. The Kier molecular flexibility index (Phi) is 65.6. The van der Waals surface area contributed by atoms with E-state index in [0.717, 1.165) is 38.5 Å². The highest BCUT2D eigenvalue weighted by atomic mass is 31.2. The number of unbranched alkanes of at least 4 members (excludes halogenated alkanes) is 56. The lowest BCUT2D eigenvalue weighted by Gasteiger charge is -2.29. The Labute approximate surface area is 525 Å². The Morgan fingerprint density at radius 2 is 0.667 bits per heavy atom. The van der Waals surface area contributed by atoms with Gasteiger partial charge in [0.25, 0.3) is 7.82 Å². The number of quaternary nitrogens is 1. The Hall–Kier alpha value is -1.02. The number of carbonyl (C=O) groups is 1. The molecule has 1 amide bonds. The summed E-state index contributed by atoms with van der Waals surface area (Å²) >= 11 is 0. The minimum Gasteiger partial charge on any atom is -0.756 e. The quantitative estimate of drug-likeness (QED) is 0.0272. The van der Waals surface area contributed by atoms with Crippen molar-refractivity contribution in [3.63, 3.8) is 0 Å². The number of likely N-dealkylation sites (N-methyl/N-ethyl adjacent to an activating group) is 1. The van der Waals surface area contributed by atoms with Crippen LogP contribution in [0.2, 0.25) is 0 Å². The zero-order chi connectivity index (χ0) is 61.2. The number of amides is 1. The number of nitrogens with one attached hydrogen (secondary N) is 1. The number of phosphoric acid groups is 1. The van der Waals surface area contributed by atoms with Crippen LogP contribution in [0.25, 0.3) is 0 Å². The van der Waals surface area contributed by atoms with E-state index in [1.807, 2.05) is 27.2 Å². The number of nitrogens with zero attached hydrogens (tertiary/aromatic N) is 1. The second-order valence-corrected chi connectivity index (χ2v) is 28.8. The largest absolute Gasteiger partial charge is 0.756 e. The third-order valence-corrected chi connectivity index (χ3v) is 18.6. The maximum absolute atomic E-state index is 13.1. The van der Waals surface area contributed by atoms with Crippen LogP contribution in [0.5, 0.6) is 0 Å². The molecule has 0 aromatic heterocycles. The number of hydrogen-bond donors (Lipinski definition) is 2. The average molecular weight is 1210 g/mol. The molecule has 0 radical (unpaired) electrons. The molecule has 0 saturated heterocycles. The minimum atomic E-state index is -4.61. The van der Waals surface area contributed by atoms with Crippen molar-refractivity contribution < 1.29 is 32.9 Å². The third kappa shape index (κ3) is 68.5. The summed E-state index contributed by atoms with van der Waals surface area (Å²) in [7, 11) is 1.27. The SMILES string of the molecule is CCCCCCCCCCCCCCCCCCCCCCCCCC/C=C/CC/C=C/C(O)C(COP(=O)([O-])OCC[N+](C)(C)C)NC(=O)CCCCCCCCCCCCCCCCCCCCCCCCCCCCCCCCCC. The molecule has 84 heavy (non-hydrogen) atoms. The molecule has 9 heteroatoms. The van der Waals surface area contributed by atoms with Gasteiger partial charge < -0.3 is 28.8 Å². The number of phosphoric ester groups is 1. The Bertz CT molecular complexity index is 1420. The van der Waals surface area contributed by atoms with Crippen molar-refractivity contribution in [3.05, 3.63) is 24.3 Å². The molecule has 0 fully saturated rings. The number of aliphatic hydroxyl groups is 1. The van der Waals surface area contributed by atoms with Gasteiger partial charge in [0.15, 0.2) is 0 Å². The maximum atomic E-state index is 13.1. The summed E-state index contributed by atoms with van der Waals surface area (Å²) in [5.41, 5.74) is 0. The lowest BCUT2D eigenvalue weighted by molar-refractivity contribution is -0.870. The zero-order valence-corrected chi connectivity index (χ0v) is 58.3. The minimum absolute atomic E-state index is 0.00331. The van der Waals surface area contributed by atoms with Gasteiger partial charge in [-0.15, -0.1) is 0 Å². The normalized spacial score (nSPS) is 13.7. The van der Waals surface area contributed by atoms with Gasteiger partial charge in [-0.05, 0) is 32.1 Å². The molecule has 0 rings (SSSR count). The van der Waals surface area contributed by atoms with Crippen LogP contribution in [-0.4, -0.2) is 68.5 Å². The molecule has 3 unspecified atom stereocenters. The van der Waals surface area contributed by atoms with Crippen LogP contribution in [-0.2, 0) is 18.4 Å². The summed E-state index contributed by atoms with van der Waals surface area (Å²) in [4.78, 5) is 25.7. The van der Waals surface area contributed by atoms with Gasteiger partial charge in [0, 0.05) is 6.42 Å². The van der Waals surface area contributed by atoms with E-state index in [4.69, 9.17) is 9.05 Å². The first-order valence-corrected chi connectivity index (χ1v) is 39.2. The molecule has 0 heterocycles. The molecular formula is C75H149N2O6P. The first kappa shape index (κ1) is 83.0. The topological polar surface area (TPSA) is 108 Å². The summed E-state index contributed by atoms with van der Waals surface area (Å²) in [5.74, 6) is -0.197. The lowest BCUT2D eigenvalue weighted by Crippen LogP contribution is -2.45. The van der Waals surface area contributed by atoms with Crippen LogP contribution in [0.3, 0.4) is 0 Å². The average Bonchev–Trinajstić information content (AvgIpc) is 3.56. The van der Waals surface area contributed by atoms with Gasteiger partial charge in [-0.2, -0.15) is 0 Å². The van der Waals surface area contributed by atoms with Crippen molar-refractivity contribution in [2.24, 2.45) is 0 Å². The highest BCUT2D eigenvalue weighted by Crippen LogP contribution is 2.38. The zero-order valence-electron chi connectivity index (χ0n) is 57.4. The van der Waals surface area contributed by atoms with E-state index in [1.54, 1.807) is 6.08 Å². The molecule has 3 atom stereocenters. The van der Waals surface area contributed by atoms with E-state index in [2.05, 4.69) is 31.3 Å². The summed E-state index contributed by atoms with van der Waals surface area (Å²) in [5, 5.41) is 14.0. The van der Waals surface area contributed by atoms with Crippen molar-refractivity contribution >= 4 is 13.7 Å². The van der Waals surface area contributed by atoms with Crippen LogP contribution in [0.1, 0.15) is 399 Å². The molecule has 2 N–H and O–H groups in total. The molecule has 0 saturated carbocycles. The predicted octanol–water partition coefficient (Wildman–Crippen LogP) is 23.6.